The number of rotatable bonds is 8. The van der Waals surface area contributed by atoms with Gasteiger partial charge in [-0.3, -0.25) is 9.48 Å². The largest absolute Gasteiger partial charge is 0.492 e. The molecule has 1 aliphatic heterocycles. The van der Waals surface area contributed by atoms with Gasteiger partial charge in [0.15, 0.2) is 0 Å². The maximum atomic E-state index is 15.7. The summed E-state index contributed by atoms with van der Waals surface area (Å²) in [5.41, 5.74) is -0.549. The van der Waals surface area contributed by atoms with Crippen LogP contribution in [0.25, 0.3) is 22.3 Å². The van der Waals surface area contributed by atoms with Gasteiger partial charge >= 0.3 is 12.1 Å². The minimum absolute atomic E-state index is 0.0765. The fraction of sp³-hybridized carbons (Fsp3) is 0.353. The predicted molar refractivity (Wildman–Crippen MR) is 158 cm³/mol. The maximum absolute atomic E-state index is 15.7. The van der Waals surface area contributed by atoms with Crippen LogP contribution in [0.1, 0.15) is 61.8 Å². The second-order valence-electron chi connectivity index (χ2n) is 12.6. The molecule has 45 heavy (non-hydrogen) atoms. The standard InChI is InChI=1S/C34H32F4N2O5/c1-32(2,43)18-40-16-22(15-39-40)19-4-6-20(7-5-19)30-25-10-11-33(3,31(25)27(35)14-26(30)34(36,37)38)45-23-8-9-24-21(12-29(41)42)17-44-28(24)13-23/h4-9,13-16,21,43H,10-12,17-18H2,1-3H3,(H,41,42)/t21-,33-/m1/s1. The summed E-state index contributed by atoms with van der Waals surface area (Å²) in [4.78, 5) is 11.2. The number of carboxylic acid groups (broad SMARTS) is 1. The van der Waals surface area contributed by atoms with Crippen molar-refractivity contribution in [3.63, 3.8) is 0 Å². The van der Waals surface area contributed by atoms with Crippen LogP contribution in [-0.4, -0.2) is 38.2 Å². The fourth-order valence-electron chi connectivity index (χ4n) is 6.45. The first kappa shape index (κ1) is 30.6. The molecule has 236 valence electrons. The quantitative estimate of drug-likeness (QED) is 0.199. The van der Waals surface area contributed by atoms with Crippen molar-refractivity contribution in [3.8, 4) is 33.8 Å². The van der Waals surface area contributed by atoms with Crippen molar-refractivity contribution in [2.45, 2.75) is 69.9 Å². The Morgan fingerprint density at radius 2 is 1.82 bits per heavy atom. The van der Waals surface area contributed by atoms with E-state index < -0.39 is 34.7 Å². The van der Waals surface area contributed by atoms with E-state index in [1.807, 2.05) is 0 Å². The average Bonchev–Trinajstić information content (AvgIpc) is 3.65. The van der Waals surface area contributed by atoms with E-state index >= 15 is 4.39 Å². The number of alkyl halides is 3. The first-order valence-corrected chi connectivity index (χ1v) is 14.6. The van der Waals surface area contributed by atoms with Crippen molar-refractivity contribution in [2.24, 2.45) is 0 Å². The number of ether oxygens (including phenoxy) is 2. The molecular formula is C34H32F4N2O5. The number of carbonyl (C=O) groups is 1. The number of aliphatic carboxylic acids is 1. The number of fused-ring (bicyclic) bond motifs is 2. The lowest BCUT2D eigenvalue weighted by Crippen LogP contribution is -2.28. The van der Waals surface area contributed by atoms with Crippen molar-refractivity contribution >= 4 is 5.97 Å². The van der Waals surface area contributed by atoms with Gasteiger partial charge in [0, 0.05) is 34.9 Å². The van der Waals surface area contributed by atoms with Crippen molar-refractivity contribution in [3.05, 3.63) is 89.0 Å². The number of halogens is 4. The van der Waals surface area contributed by atoms with Gasteiger partial charge in [0.25, 0.3) is 0 Å². The first-order chi connectivity index (χ1) is 21.1. The van der Waals surface area contributed by atoms with Crippen molar-refractivity contribution in [2.75, 3.05) is 6.61 Å². The van der Waals surface area contributed by atoms with Gasteiger partial charge in [0.05, 0.1) is 36.9 Å². The van der Waals surface area contributed by atoms with Gasteiger partial charge in [-0.1, -0.05) is 30.3 Å². The highest BCUT2D eigenvalue weighted by Crippen LogP contribution is 2.50. The molecule has 11 heteroatoms. The van der Waals surface area contributed by atoms with Crippen LogP contribution >= 0.6 is 0 Å². The highest BCUT2D eigenvalue weighted by Gasteiger charge is 2.45. The van der Waals surface area contributed by atoms with Gasteiger partial charge in [-0.15, -0.1) is 0 Å². The second-order valence-corrected chi connectivity index (χ2v) is 12.6. The van der Waals surface area contributed by atoms with E-state index in [-0.39, 0.29) is 55.0 Å². The minimum Gasteiger partial charge on any atom is -0.492 e. The zero-order valence-electron chi connectivity index (χ0n) is 24.9. The maximum Gasteiger partial charge on any atom is 0.417 e. The Bertz CT molecular complexity index is 1780. The third kappa shape index (κ3) is 6.01. The summed E-state index contributed by atoms with van der Waals surface area (Å²) >= 11 is 0. The lowest BCUT2D eigenvalue weighted by molar-refractivity contribution is -0.138. The van der Waals surface area contributed by atoms with Gasteiger partial charge in [-0.25, -0.2) is 4.39 Å². The Morgan fingerprint density at radius 1 is 1.11 bits per heavy atom. The molecule has 0 radical (unpaired) electrons. The van der Waals surface area contributed by atoms with E-state index in [0.717, 1.165) is 16.7 Å². The molecule has 2 aliphatic rings. The molecule has 0 unspecified atom stereocenters. The van der Waals surface area contributed by atoms with Gasteiger partial charge in [-0.2, -0.15) is 18.3 Å². The van der Waals surface area contributed by atoms with E-state index in [1.54, 1.807) is 80.3 Å². The van der Waals surface area contributed by atoms with Crippen LogP contribution in [0.4, 0.5) is 17.6 Å². The number of carboxylic acids is 1. The monoisotopic (exact) mass is 624 g/mol. The van der Waals surface area contributed by atoms with Gasteiger partial charge in [0.1, 0.15) is 22.9 Å². The summed E-state index contributed by atoms with van der Waals surface area (Å²) in [6, 6.07) is 12.1. The zero-order valence-corrected chi connectivity index (χ0v) is 24.9. The molecule has 3 aromatic carbocycles. The number of aromatic nitrogens is 2. The first-order valence-electron chi connectivity index (χ1n) is 14.6. The highest BCUT2D eigenvalue weighted by molar-refractivity contribution is 5.77. The summed E-state index contributed by atoms with van der Waals surface area (Å²) in [6.07, 6.45) is -1.10. The Kier molecular flexibility index (Phi) is 7.42. The Balaban J connectivity index is 1.35. The third-order valence-corrected chi connectivity index (χ3v) is 8.39. The van der Waals surface area contributed by atoms with E-state index in [2.05, 4.69) is 5.10 Å². The van der Waals surface area contributed by atoms with E-state index in [0.29, 0.717) is 23.1 Å². The van der Waals surface area contributed by atoms with Crippen LogP contribution < -0.4 is 9.47 Å². The molecule has 1 aromatic heterocycles. The summed E-state index contributed by atoms with van der Waals surface area (Å²) < 4.78 is 72.3. The molecule has 0 amide bonds. The normalized spacial score (nSPS) is 19.2. The predicted octanol–water partition coefficient (Wildman–Crippen LogP) is 7.34. The highest BCUT2D eigenvalue weighted by atomic mass is 19.4. The molecule has 0 saturated heterocycles. The summed E-state index contributed by atoms with van der Waals surface area (Å²) in [6.45, 7) is 5.47. The summed E-state index contributed by atoms with van der Waals surface area (Å²) in [5.74, 6) is -1.42. The second kappa shape index (κ2) is 10.9. The van der Waals surface area contributed by atoms with E-state index in [9.17, 15) is 28.2 Å². The topological polar surface area (TPSA) is 93.8 Å². The molecule has 2 atom stereocenters. The van der Waals surface area contributed by atoms with Crippen LogP contribution in [0, 0.1) is 5.82 Å². The molecule has 0 bridgehead atoms. The number of hydrogen-bond acceptors (Lipinski definition) is 5. The lowest BCUT2D eigenvalue weighted by atomic mass is 9.88. The lowest BCUT2D eigenvalue weighted by Gasteiger charge is -2.29. The molecule has 2 N–H and O–H groups in total. The molecular weight excluding hydrogens is 592 g/mol. The molecule has 1 aliphatic carbocycles. The molecule has 0 saturated carbocycles. The van der Waals surface area contributed by atoms with Crippen LogP contribution in [0.2, 0.25) is 0 Å². The number of hydrogen-bond donors (Lipinski definition) is 2. The number of aliphatic hydroxyl groups is 1. The van der Waals surface area contributed by atoms with E-state index in [4.69, 9.17) is 9.47 Å². The van der Waals surface area contributed by atoms with Gasteiger partial charge in [0.2, 0.25) is 0 Å². The van der Waals surface area contributed by atoms with Gasteiger partial charge < -0.3 is 19.7 Å². The van der Waals surface area contributed by atoms with Crippen LogP contribution in [-0.2, 0) is 29.5 Å². The Labute approximate surface area is 257 Å². The number of benzene rings is 3. The molecule has 4 aromatic rings. The fourth-order valence-corrected chi connectivity index (χ4v) is 6.45. The van der Waals surface area contributed by atoms with Crippen LogP contribution in [0.15, 0.2) is 60.9 Å². The van der Waals surface area contributed by atoms with E-state index in [1.165, 1.54) is 0 Å². The van der Waals surface area contributed by atoms with Crippen LogP contribution in [0.3, 0.4) is 0 Å². The zero-order chi connectivity index (χ0) is 32.3. The van der Waals surface area contributed by atoms with Crippen molar-refractivity contribution in [1.82, 2.24) is 9.78 Å². The summed E-state index contributed by atoms with van der Waals surface area (Å²) in [5, 5.41) is 23.5. The van der Waals surface area contributed by atoms with Gasteiger partial charge in [-0.05, 0) is 68.0 Å². The van der Waals surface area contributed by atoms with Crippen molar-refractivity contribution in [1.29, 1.82) is 0 Å². The molecule has 0 fully saturated rings. The molecule has 6 rings (SSSR count). The molecule has 2 heterocycles. The number of nitrogens with zero attached hydrogens (tertiary/aromatic N) is 2. The third-order valence-electron chi connectivity index (χ3n) is 8.39. The molecule has 7 nitrogen and oxygen atoms in total. The smallest absolute Gasteiger partial charge is 0.417 e. The van der Waals surface area contributed by atoms with Crippen LogP contribution in [0.5, 0.6) is 11.5 Å². The minimum atomic E-state index is -4.80. The van der Waals surface area contributed by atoms with Crippen molar-refractivity contribution < 1.29 is 42.0 Å². The molecule has 0 spiro atoms. The SMILES string of the molecule is CC(C)(O)Cn1cc(-c2ccc(-c3c(C(F)(F)F)cc(F)c4c3CC[C@@]4(C)Oc3ccc4c(c3)OC[C@H]4CC(=O)O)cc2)cn1. The Morgan fingerprint density at radius 3 is 2.49 bits per heavy atom. The Hall–Kier alpha value is -4.38. The average molecular weight is 625 g/mol. The summed E-state index contributed by atoms with van der Waals surface area (Å²) in [7, 11) is 0.